The Morgan fingerprint density at radius 1 is 1.12 bits per heavy atom. The van der Waals surface area contributed by atoms with Gasteiger partial charge in [0.25, 0.3) is 0 Å². The fourth-order valence-electron chi connectivity index (χ4n) is 5.89. The maximum absolute atomic E-state index is 13.9. The number of hydrogen-bond acceptors (Lipinski definition) is 5. The first-order valence-electron chi connectivity index (χ1n) is 12.0. The Labute approximate surface area is 196 Å². The number of alkyl halides is 3. The number of rotatable bonds is 5. The maximum Gasteiger partial charge on any atom is 0.420 e. The Morgan fingerprint density at radius 3 is 2.56 bits per heavy atom. The number of ether oxygens (including phenoxy) is 1. The van der Waals surface area contributed by atoms with Gasteiger partial charge in [-0.2, -0.15) is 13.2 Å². The second-order valence-electron chi connectivity index (χ2n) is 10.1. The van der Waals surface area contributed by atoms with E-state index < -0.39 is 17.6 Å². The van der Waals surface area contributed by atoms with E-state index in [0.717, 1.165) is 58.2 Å². The number of benzene rings is 1. The lowest BCUT2D eigenvalue weighted by molar-refractivity contribution is -0.137. The molecule has 2 saturated heterocycles. The van der Waals surface area contributed by atoms with E-state index in [9.17, 15) is 17.6 Å². The SMILES string of the molecule is Cc1ccc(F)cc1-c1cc(C(F)(F)F)c(N[C@H]2C[C@@H]3CN(CC4CCCOC4)C[C@@H]3C2)nn1. The lowest BCUT2D eigenvalue weighted by atomic mass is 10.0. The normalized spacial score (nSPS) is 27.7. The molecular formula is C25H30F4N4O. The first-order valence-corrected chi connectivity index (χ1v) is 12.0. The first kappa shape index (κ1) is 23.5. The van der Waals surface area contributed by atoms with Crippen molar-refractivity contribution in [3.8, 4) is 11.3 Å². The Morgan fingerprint density at radius 2 is 1.88 bits per heavy atom. The number of anilines is 1. The standard InChI is InChI=1S/C25H30F4N4O/c1-15-4-5-19(26)9-21(15)23-10-22(25(27,28)29)24(32-31-23)30-20-7-17-12-33(13-18(17)8-20)11-16-3-2-6-34-14-16/h4-5,9-10,16-18,20H,2-3,6-8,11-14H2,1H3,(H,30,32)/t16?,17-,18+,20+. The van der Waals surface area contributed by atoms with Crippen LogP contribution in [-0.2, 0) is 10.9 Å². The summed E-state index contributed by atoms with van der Waals surface area (Å²) < 4.78 is 61.0. The quantitative estimate of drug-likeness (QED) is 0.602. The van der Waals surface area contributed by atoms with E-state index in [4.69, 9.17) is 4.74 Å². The maximum atomic E-state index is 13.9. The molecule has 2 aliphatic heterocycles. The molecule has 34 heavy (non-hydrogen) atoms. The van der Waals surface area contributed by atoms with E-state index in [1.54, 1.807) is 6.92 Å². The van der Waals surface area contributed by atoms with E-state index >= 15 is 0 Å². The second-order valence-corrected chi connectivity index (χ2v) is 10.1. The highest BCUT2D eigenvalue weighted by atomic mass is 19.4. The summed E-state index contributed by atoms with van der Waals surface area (Å²) in [5.74, 6) is 0.788. The van der Waals surface area contributed by atoms with Crippen LogP contribution in [0.3, 0.4) is 0 Å². The minimum Gasteiger partial charge on any atom is -0.381 e. The summed E-state index contributed by atoms with van der Waals surface area (Å²) in [4.78, 5) is 2.50. The van der Waals surface area contributed by atoms with Gasteiger partial charge in [-0.25, -0.2) is 4.39 Å². The lowest BCUT2D eigenvalue weighted by Gasteiger charge is -2.28. The van der Waals surface area contributed by atoms with Gasteiger partial charge < -0.3 is 15.0 Å². The first-order chi connectivity index (χ1) is 16.3. The van der Waals surface area contributed by atoms with Gasteiger partial charge >= 0.3 is 6.18 Å². The smallest absolute Gasteiger partial charge is 0.381 e. The van der Waals surface area contributed by atoms with E-state index in [0.29, 0.717) is 28.9 Å². The predicted octanol–water partition coefficient (Wildman–Crippen LogP) is 5.16. The van der Waals surface area contributed by atoms with Gasteiger partial charge in [0.05, 0.1) is 12.3 Å². The average molecular weight is 479 g/mol. The monoisotopic (exact) mass is 478 g/mol. The van der Waals surface area contributed by atoms with Crippen molar-refractivity contribution in [2.24, 2.45) is 17.8 Å². The molecule has 0 radical (unpaired) electrons. The molecule has 1 N–H and O–H groups in total. The van der Waals surface area contributed by atoms with Crippen molar-refractivity contribution in [1.29, 1.82) is 0 Å². The van der Waals surface area contributed by atoms with Crippen molar-refractivity contribution < 1.29 is 22.3 Å². The van der Waals surface area contributed by atoms with Crippen molar-refractivity contribution in [3.05, 3.63) is 41.2 Å². The number of aryl methyl sites for hydroxylation is 1. The van der Waals surface area contributed by atoms with Crippen LogP contribution >= 0.6 is 0 Å². The molecule has 1 unspecified atom stereocenters. The van der Waals surface area contributed by atoms with E-state index in [-0.39, 0.29) is 17.6 Å². The molecule has 1 saturated carbocycles. The number of aromatic nitrogens is 2. The van der Waals surface area contributed by atoms with Crippen molar-refractivity contribution in [1.82, 2.24) is 15.1 Å². The van der Waals surface area contributed by atoms with Gasteiger partial charge in [-0.1, -0.05) is 6.07 Å². The van der Waals surface area contributed by atoms with Crippen LogP contribution < -0.4 is 5.32 Å². The minimum absolute atomic E-state index is 0.0144. The summed E-state index contributed by atoms with van der Waals surface area (Å²) in [5, 5.41) is 11.0. The highest BCUT2D eigenvalue weighted by molar-refractivity contribution is 5.65. The molecule has 3 fully saturated rings. The summed E-state index contributed by atoms with van der Waals surface area (Å²) in [6, 6.07) is 4.89. The summed E-state index contributed by atoms with van der Waals surface area (Å²) in [6.07, 6.45) is -0.614. The molecule has 2 aromatic rings. The zero-order chi connectivity index (χ0) is 23.9. The highest BCUT2D eigenvalue weighted by Gasteiger charge is 2.43. The Hall–Kier alpha value is -2.26. The summed E-state index contributed by atoms with van der Waals surface area (Å²) in [6.45, 7) is 6.44. The van der Waals surface area contributed by atoms with Gasteiger partial charge in [-0.15, -0.1) is 10.2 Å². The molecule has 1 aliphatic carbocycles. The number of halogens is 4. The van der Waals surface area contributed by atoms with Crippen LogP contribution in [0.5, 0.6) is 0 Å². The second kappa shape index (κ2) is 9.41. The average Bonchev–Trinajstić information content (AvgIpc) is 3.33. The van der Waals surface area contributed by atoms with Crippen LogP contribution in [0.1, 0.15) is 36.8 Å². The number of hydrogen-bond donors (Lipinski definition) is 1. The van der Waals surface area contributed by atoms with Crippen LogP contribution in [0.25, 0.3) is 11.3 Å². The van der Waals surface area contributed by atoms with E-state index in [1.807, 2.05) is 0 Å². The largest absolute Gasteiger partial charge is 0.420 e. The van der Waals surface area contributed by atoms with Crippen molar-refractivity contribution in [2.75, 3.05) is 38.2 Å². The Kier molecular flexibility index (Phi) is 6.50. The number of fused-ring (bicyclic) bond motifs is 1. The van der Waals surface area contributed by atoms with Crippen LogP contribution in [0, 0.1) is 30.5 Å². The summed E-state index contributed by atoms with van der Waals surface area (Å²) in [7, 11) is 0. The fraction of sp³-hybridized carbons (Fsp3) is 0.600. The molecular weight excluding hydrogens is 448 g/mol. The molecule has 0 amide bonds. The molecule has 1 aromatic carbocycles. The zero-order valence-corrected chi connectivity index (χ0v) is 19.2. The number of likely N-dealkylation sites (tertiary alicyclic amines) is 1. The molecule has 184 valence electrons. The zero-order valence-electron chi connectivity index (χ0n) is 19.2. The molecule has 0 bridgehead atoms. The van der Waals surface area contributed by atoms with Gasteiger partial charge in [-0.3, -0.25) is 0 Å². The third-order valence-corrected chi connectivity index (χ3v) is 7.51. The molecule has 3 aliphatic rings. The van der Waals surface area contributed by atoms with Gasteiger partial charge in [-0.05, 0) is 74.1 Å². The van der Waals surface area contributed by atoms with Crippen LogP contribution in [0.4, 0.5) is 23.4 Å². The van der Waals surface area contributed by atoms with Gasteiger partial charge in [0.2, 0.25) is 0 Å². The molecule has 4 atom stereocenters. The van der Waals surface area contributed by atoms with Crippen molar-refractivity contribution >= 4 is 5.82 Å². The molecule has 5 rings (SSSR count). The third kappa shape index (κ3) is 5.05. The fourth-order valence-corrected chi connectivity index (χ4v) is 5.89. The van der Waals surface area contributed by atoms with Gasteiger partial charge in [0.1, 0.15) is 11.4 Å². The van der Waals surface area contributed by atoms with Gasteiger partial charge in [0, 0.05) is 37.8 Å². The van der Waals surface area contributed by atoms with E-state index in [2.05, 4.69) is 20.4 Å². The van der Waals surface area contributed by atoms with Crippen LogP contribution in [0.2, 0.25) is 0 Å². The number of nitrogens with zero attached hydrogens (tertiary/aromatic N) is 3. The van der Waals surface area contributed by atoms with Crippen molar-refractivity contribution in [2.45, 2.75) is 44.8 Å². The molecule has 3 heterocycles. The van der Waals surface area contributed by atoms with Crippen LogP contribution in [0.15, 0.2) is 24.3 Å². The highest BCUT2D eigenvalue weighted by Crippen LogP contribution is 2.42. The summed E-state index contributed by atoms with van der Waals surface area (Å²) >= 11 is 0. The lowest BCUT2D eigenvalue weighted by Crippen LogP contribution is -2.33. The summed E-state index contributed by atoms with van der Waals surface area (Å²) in [5.41, 5.74) is 0.0959. The van der Waals surface area contributed by atoms with Crippen molar-refractivity contribution in [3.63, 3.8) is 0 Å². The Balaban J connectivity index is 1.26. The molecule has 9 heteroatoms. The number of nitrogens with one attached hydrogen (secondary N) is 1. The van der Waals surface area contributed by atoms with Gasteiger partial charge in [0.15, 0.2) is 5.82 Å². The minimum atomic E-state index is -4.60. The van der Waals surface area contributed by atoms with Crippen LogP contribution in [-0.4, -0.2) is 54.0 Å². The topological polar surface area (TPSA) is 50.3 Å². The third-order valence-electron chi connectivity index (χ3n) is 7.51. The molecule has 0 spiro atoms. The molecule has 5 nitrogen and oxygen atoms in total. The van der Waals surface area contributed by atoms with E-state index in [1.165, 1.54) is 24.6 Å². The Bertz CT molecular complexity index is 1010. The predicted molar refractivity (Wildman–Crippen MR) is 121 cm³/mol. The molecule has 1 aromatic heterocycles.